The highest BCUT2D eigenvalue weighted by molar-refractivity contribution is 5.51. The molecule has 0 aromatic heterocycles. The van der Waals surface area contributed by atoms with Crippen LogP contribution in [0.4, 0.5) is 0 Å². The van der Waals surface area contributed by atoms with Gasteiger partial charge in [-0.3, -0.25) is 0 Å². The molecule has 3 heteroatoms. The Bertz CT molecular complexity index is 1210. The fourth-order valence-electron chi connectivity index (χ4n) is 8.82. The Morgan fingerprint density at radius 3 is 2.51 bits per heavy atom. The second-order valence-electron chi connectivity index (χ2n) is 13.5. The van der Waals surface area contributed by atoms with Crippen molar-refractivity contribution >= 4 is 0 Å². The summed E-state index contributed by atoms with van der Waals surface area (Å²) >= 11 is 0. The lowest BCUT2D eigenvalue weighted by molar-refractivity contribution is 0.174. The van der Waals surface area contributed by atoms with Crippen molar-refractivity contribution in [2.75, 3.05) is 6.54 Å². The number of hydrogen-bond acceptors (Lipinski definition) is 3. The van der Waals surface area contributed by atoms with Crippen molar-refractivity contribution in [3.8, 4) is 0 Å². The maximum atomic E-state index is 6.25. The van der Waals surface area contributed by atoms with Crippen LogP contribution >= 0.6 is 0 Å². The summed E-state index contributed by atoms with van der Waals surface area (Å²) in [6.07, 6.45) is 35.5. The lowest BCUT2D eigenvalue weighted by Gasteiger charge is -2.46. The van der Waals surface area contributed by atoms with Crippen LogP contribution in [0.5, 0.6) is 0 Å². The fraction of sp³-hybridized carbons (Fsp3) is 0.611. The van der Waals surface area contributed by atoms with E-state index in [0.29, 0.717) is 17.4 Å². The molecule has 0 saturated heterocycles. The second kappa shape index (κ2) is 11.0. The first-order valence-corrected chi connectivity index (χ1v) is 16.4. The van der Waals surface area contributed by atoms with Crippen molar-refractivity contribution in [1.82, 2.24) is 10.6 Å². The van der Waals surface area contributed by atoms with Gasteiger partial charge in [-0.15, -0.1) is 0 Å². The minimum Gasteiger partial charge on any atom is -0.385 e. The standard InChI is InChI=1S/C36H49N3/c37-21-20-36(18-7-19-36)32-24-28(27-14-16-34-31(23-27)30-12-4-5-13-33(30)39-34)15-17-35(32)38-29-11-6-10-26(22-29)25-8-2-1-3-9-25/h8,10,14,16,24,29,31,38-39H,1-7,9,11-13,15,17-23,37H2. The highest BCUT2D eigenvalue weighted by Crippen LogP contribution is 2.54. The molecule has 2 unspecified atom stereocenters. The maximum Gasteiger partial charge on any atom is 0.0301 e. The molecule has 4 N–H and O–H groups in total. The van der Waals surface area contributed by atoms with E-state index in [9.17, 15) is 0 Å². The summed E-state index contributed by atoms with van der Waals surface area (Å²) in [5.41, 5.74) is 21.0. The van der Waals surface area contributed by atoms with Crippen LogP contribution in [0.25, 0.3) is 0 Å². The molecule has 0 amide bonds. The normalized spacial score (nSPS) is 30.1. The molecule has 0 aromatic rings. The van der Waals surface area contributed by atoms with Crippen molar-refractivity contribution in [2.24, 2.45) is 17.1 Å². The predicted octanol–water partition coefficient (Wildman–Crippen LogP) is 8.31. The molecule has 2 atom stereocenters. The number of nitrogens with one attached hydrogen (secondary N) is 2. The van der Waals surface area contributed by atoms with Gasteiger partial charge in [0, 0.05) is 29.1 Å². The smallest absolute Gasteiger partial charge is 0.0301 e. The van der Waals surface area contributed by atoms with Crippen LogP contribution < -0.4 is 16.4 Å². The third-order valence-corrected chi connectivity index (χ3v) is 11.1. The number of allylic oxidation sites excluding steroid dienone is 12. The third kappa shape index (κ3) is 4.94. The Hall–Kier alpha value is -2.26. The van der Waals surface area contributed by atoms with E-state index in [1.165, 1.54) is 108 Å². The molecular formula is C36H49N3. The molecule has 1 fully saturated rings. The number of hydrogen-bond donors (Lipinski definition) is 3. The molecule has 1 heterocycles. The number of fused-ring (bicyclic) bond motifs is 2. The molecule has 1 aliphatic heterocycles. The lowest BCUT2D eigenvalue weighted by Crippen LogP contribution is -2.39. The maximum absolute atomic E-state index is 6.25. The summed E-state index contributed by atoms with van der Waals surface area (Å²) in [6.45, 7) is 0.796. The molecule has 0 aromatic carbocycles. The van der Waals surface area contributed by atoms with E-state index < -0.39 is 0 Å². The molecular weight excluding hydrogens is 474 g/mol. The molecule has 39 heavy (non-hydrogen) atoms. The summed E-state index contributed by atoms with van der Waals surface area (Å²) < 4.78 is 0. The zero-order chi connectivity index (χ0) is 26.2. The monoisotopic (exact) mass is 523 g/mol. The number of rotatable bonds is 7. The fourth-order valence-corrected chi connectivity index (χ4v) is 8.82. The molecule has 6 aliphatic carbocycles. The van der Waals surface area contributed by atoms with E-state index >= 15 is 0 Å². The topological polar surface area (TPSA) is 50.1 Å². The van der Waals surface area contributed by atoms with Gasteiger partial charge in [-0.2, -0.15) is 0 Å². The minimum absolute atomic E-state index is 0.298. The zero-order valence-corrected chi connectivity index (χ0v) is 24.1. The first-order valence-electron chi connectivity index (χ1n) is 16.4. The van der Waals surface area contributed by atoms with Gasteiger partial charge in [-0.1, -0.05) is 30.7 Å². The Morgan fingerprint density at radius 1 is 0.821 bits per heavy atom. The molecule has 0 spiro atoms. The summed E-state index contributed by atoms with van der Waals surface area (Å²) in [4.78, 5) is 0. The van der Waals surface area contributed by atoms with Gasteiger partial charge in [0.15, 0.2) is 0 Å². The van der Waals surface area contributed by atoms with Crippen LogP contribution in [-0.2, 0) is 0 Å². The second-order valence-corrected chi connectivity index (χ2v) is 13.5. The van der Waals surface area contributed by atoms with Crippen LogP contribution in [0, 0.1) is 11.3 Å². The van der Waals surface area contributed by atoms with Gasteiger partial charge >= 0.3 is 0 Å². The molecule has 1 saturated carbocycles. The Labute approximate surface area is 236 Å². The van der Waals surface area contributed by atoms with Crippen molar-refractivity contribution in [1.29, 1.82) is 0 Å². The molecule has 0 radical (unpaired) electrons. The largest absolute Gasteiger partial charge is 0.385 e. The van der Waals surface area contributed by atoms with Crippen molar-refractivity contribution < 1.29 is 0 Å². The lowest BCUT2D eigenvalue weighted by atomic mass is 9.60. The van der Waals surface area contributed by atoms with Gasteiger partial charge in [-0.05, 0) is 161 Å². The van der Waals surface area contributed by atoms with Gasteiger partial charge in [0.2, 0.25) is 0 Å². The molecule has 7 aliphatic rings. The zero-order valence-electron chi connectivity index (χ0n) is 24.1. The van der Waals surface area contributed by atoms with E-state index in [0.717, 1.165) is 19.4 Å². The van der Waals surface area contributed by atoms with Gasteiger partial charge in [0.05, 0.1) is 0 Å². The van der Waals surface area contributed by atoms with E-state index in [4.69, 9.17) is 5.73 Å². The average molecular weight is 524 g/mol. The quantitative estimate of drug-likeness (QED) is 0.314. The Morgan fingerprint density at radius 2 is 1.69 bits per heavy atom. The van der Waals surface area contributed by atoms with Crippen LogP contribution in [0.3, 0.4) is 0 Å². The number of nitrogens with two attached hydrogens (primary N) is 1. The van der Waals surface area contributed by atoms with E-state index in [-0.39, 0.29) is 0 Å². The van der Waals surface area contributed by atoms with Crippen LogP contribution in [-0.4, -0.2) is 12.6 Å². The Kier molecular flexibility index (Phi) is 7.22. The highest BCUT2D eigenvalue weighted by atomic mass is 15.0. The van der Waals surface area contributed by atoms with E-state index in [1.54, 1.807) is 44.8 Å². The summed E-state index contributed by atoms with van der Waals surface area (Å²) in [5, 5.41) is 7.99. The third-order valence-electron chi connectivity index (χ3n) is 11.1. The van der Waals surface area contributed by atoms with Crippen LogP contribution in [0.1, 0.15) is 116 Å². The molecule has 0 bridgehead atoms. The molecule has 7 rings (SSSR count). The van der Waals surface area contributed by atoms with Crippen molar-refractivity contribution in [2.45, 2.75) is 122 Å². The Balaban J connectivity index is 1.15. The van der Waals surface area contributed by atoms with E-state index in [2.05, 4.69) is 41.0 Å². The summed E-state index contributed by atoms with van der Waals surface area (Å²) in [6, 6.07) is 0.573. The first kappa shape index (κ1) is 25.7. The molecule has 3 nitrogen and oxygen atoms in total. The van der Waals surface area contributed by atoms with Gasteiger partial charge < -0.3 is 16.4 Å². The van der Waals surface area contributed by atoms with Crippen molar-refractivity contribution in [3.63, 3.8) is 0 Å². The van der Waals surface area contributed by atoms with Gasteiger partial charge in [0.25, 0.3) is 0 Å². The summed E-state index contributed by atoms with van der Waals surface area (Å²) in [5.74, 6) is 0.608. The predicted molar refractivity (Wildman–Crippen MR) is 163 cm³/mol. The average Bonchev–Trinajstić information content (AvgIpc) is 3.34. The van der Waals surface area contributed by atoms with Gasteiger partial charge in [-0.25, -0.2) is 0 Å². The van der Waals surface area contributed by atoms with Gasteiger partial charge in [0.1, 0.15) is 0 Å². The van der Waals surface area contributed by atoms with E-state index in [1.807, 2.05) is 0 Å². The van der Waals surface area contributed by atoms with Crippen LogP contribution in [0.15, 0.2) is 80.9 Å². The molecule has 208 valence electrons. The minimum atomic E-state index is 0.298. The SMILES string of the molecule is NCCC1(C2=C(NC3CCC=C(C4=CCCCC4)C3)CCC(C3=CC=C4NC5=C(CCCC5)C4C3)=C2)CCC1. The first-order chi connectivity index (χ1) is 19.2. The summed E-state index contributed by atoms with van der Waals surface area (Å²) in [7, 11) is 0. The van der Waals surface area contributed by atoms with Crippen molar-refractivity contribution in [3.05, 3.63) is 80.9 Å². The highest BCUT2D eigenvalue weighted by Gasteiger charge is 2.42. The van der Waals surface area contributed by atoms with Crippen LogP contribution in [0.2, 0.25) is 0 Å².